The number of aliphatic hydroxyl groups excluding tert-OH is 1. The van der Waals surface area contributed by atoms with Crippen LogP contribution in [0.1, 0.15) is 12.0 Å². The largest absolute Gasteiger partial charge is 0.390 e. The lowest BCUT2D eigenvalue weighted by molar-refractivity contribution is 0.0715. The summed E-state index contributed by atoms with van der Waals surface area (Å²) in [6, 6.07) is 10.0. The van der Waals surface area contributed by atoms with Crippen molar-refractivity contribution in [3.05, 3.63) is 35.9 Å². The molecule has 1 N–H and O–H groups in total. The van der Waals surface area contributed by atoms with Crippen LogP contribution in [0.25, 0.3) is 0 Å². The predicted octanol–water partition coefficient (Wildman–Crippen LogP) is 1.34. The third-order valence-electron chi connectivity index (χ3n) is 2.01. The number of ether oxygens (including phenoxy) is 1. The molecular formula is C10H12O2. The fraction of sp³-hybridized carbons (Fsp3) is 0.400. The molecule has 1 aliphatic carbocycles. The second kappa shape index (κ2) is 3.25. The average Bonchev–Trinajstić information content (AvgIpc) is 2.81. The quantitative estimate of drug-likeness (QED) is 0.730. The van der Waals surface area contributed by atoms with Crippen LogP contribution in [-0.4, -0.2) is 17.3 Å². The Morgan fingerprint density at radius 3 is 2.58 bits per heavy atom. The lowest BCUT2D eigenvalue weighted by Gasteiger charge is -2.01. The van der Waals surface area contributed by atoms with E-state index in [-0.39, 0.29) is 12.2 Å². The highest BCUT2D eigenvalue weighted by Gasteiger charge is 2.36. The van der Waals surface area contributed by atoms with Crippen LogP contribution in [0, 0.1) is 0 Å². The highest BCUT2D eigenvalue weighted by atomic mass is 16.5. The van der Waals surface area contributed by atoms with E-state index in [1.54, 1.807) is 0 Å². The van der Waals surface area contributed by atoms with Crippen molar-refractivity contribution in [2.45, 2.75) is 25.2 Å². The molecule has 2 heteroatoms. The maximum Gasteiger partial charge on any atom is 0.0865 e. The van der Waals surface area contributed by atoms with Gasteiger partial charge in [-0.15, -0.1) is 0 Å². The molecule has 1 aromatic carbocycles. The van der Waals surface area contributed by atoms with E-state index < -0.39 is 0 Å². The van der Waals surface area contributed by atoms with E-state index in [1.165, 1.54) is 0 Å². The Kier molecular flexibility index (Phi) is 2.11. The fourth-order valence-electron chi connectivity index (χ4n) is 1.12. The van der Waals surface area contributed by atoms with E-state index in [0.717, 1.165) is 12.0 Å². The van der Waals surface area contributed by atoms with Crippen LogP contribution in [0.5, 0.6) is 0 Å². The standard InChI is InChI=1S/C10H12O2/c11-9-6-10(9)12-7-8-4-2-1-3-5-8/h1-5,9-11H,6-7H2/t9?,10-/m0/s1. The molecule has 2 rings (SSSR count). The summed E-state index contributed by atoms with van der Waals surface area (Å²) in [5.74, 6) is 0. The number of aliphatic hydroxyl groups is 1. The number of benzene rings is 1. The second-order valence-electron chi connectivity index (χ2n) is 3.14. The van der Waals surface area contributed by atoms with Crippen molar-refractivity contribution < 1.29 is 9.84 Å². The molecule has 1 saturated carbocycles. The molecule has 1 aliphatic rings. The average molecular weight is 164 g/mol. The number of hydrogen-bond donors (Lipinski definition) is 1. The molecule has 0 spiro atoms. The van der Waals surface area contributed by atoms with E-state index in [9.17, 15) is 0 Å². The van der Waals surface area contributed by atoms with Gasteiger partial charge in [0.25, 0.3) is 0 Å². The molecule has 0 aliphatic heterocycles. The van der Waals surface area contributed by atoms with Crippen molar-refractivity contribution in [2.75, 3.05) is 0 Å². The topological polar surface area (TPSA) is 29.5 Å². The third kappa shape index (κ3) is 1.84. The summed E-state index contributed by atoms with van der Waals surface area (Å²) in [5.41, 5.74) is 1.16. The minimum absolute atomic E-state index is 0.0882. The van der Waals surface area contributed by atoms with Crippen LogP contribution >= 0.6 is 0 Å². The van der Waals surface area contributed by atoms with Gasteiger partial charge in [0.15, 0.2) is 0 Å². The summed E-state index contributed by atoms with van der Waals surface area (Å²) in [7, 11) is 0. The monoisotopic (exact) mass is 164 g/mol. The Hall–Kier alpha value is -0.860. The highest BCUT2D eigenvalue weighted by molar-refractivity contribution is 5.13. The molecule has 0 aromatic heterocycles. The summed E-state index contributed by atoms with van der Waals surface area (Å²) in [5, 5.41) is 8.98. The maximum atomic E-state index is 8.98. The predicted molar refractivity (Wildman–Crippen MR) is 45.6 cm³/mol. The molecular weight excluding hydrogens is 152 g/mol. The van der Waals surface area contributed by atoms with E-state index >= 15 is 0 Å². The van der Waals surface area contributed by atoms with Gasteiger partial charge >= 0.3 is 0 Å². The fourth-order valence-corrected chi connectivity index (χ4v) is 1.12. The van der Waals surface area contributed by atoms with Crippen LogP contribution < -0.4 is 0 Å². The Labute approximate surface area is 71.8 Å². The molecule has 0 amide bonds. The van der Waals surface area contributed by atoms with Crippen LogP contribution in [0.2, 0.25) is 0 Å². The molecule has 0 radical (unpaired) electrons. The van der Waals surface area contributed by atoms with Crippen LogP contribution in [0.3, 0.4) is 0 Å². The zero-order chi connectivity index (χ0) is 8.39. The van der Waals surface area contributed by atoms with Gasteiger partial charge in [-0.3, -0.25) is 0 Å². The summed E-state index contributed by atoms with van der Waals surface area (Å²) in [6.07, 6.45) is 0.672. The Morgan fingerprint density at radius 1 is 1.33 bits per heavy atom. The summed E-state index contributed by atoms with van der Waals surface area (Å²) < 4.78 is 5.40. The molecule has 2 atom stereocenters. The van der Waals surface area contributed by atoms with Crippen LogP contribution in [-0.2, 0) is 11.3 Å². The first-order valence-corrected chi connectivity index (χ1v) is 4.20. The van der Waals surface area contributed by atoms with Crippen molar-refractivity contribution in [1.29, 1.82) is 0 Å². The van der Waals surface area contributed by atoms with Gasteiger partial charge in [0.1, 0.15) is 0 Å². The SMILES string of the molecule is OC1C[C@@H]1OCc1ccccc1. The molecule has 2 nitrogen and oxygen atoms in total. The Morgan fingerprint density at radius 2 is 2.00 bits per heavy atom. The van der Waals surface area contributed by atoms with Crippen molar-refractivity contribution in [2.24, 2.45) is 0 Å². The molecule has 0 heterocycles. The molecule has 64 valence electrons. The van der Waals surface area contributed by atoms with Gasteiger partial charge in [-0.2, -0.15) is 0 Å². The van der Waals surface area contributed by atoms with Gasteiger partial charge < -0.3 is 9.84 Å². The summed E-state index contributed by atoms with van der Waals surface area (Å²) in [4.78, 5) is 0. The van der Waals surface area contributed by atoms with E-state index in [4.69, 9.17) is 9.84 Å². The van der Waals surface area contributed by atoms with Gasteiger partial charge in [0.2, 0.25) is 0 Å². The smallest absolute Gasteiger partial charge is 0.0865 e. The molecule has 1 aromatic rings. The van der Waals surface area contributed by atoms with Crippen molar-refractivity contribution in [1.82, 2.24) is 0 Å². The van der Waals surface area contributed by atoms with Gasteiger partial charge in [0.05, 0.1) is 18.8 Å². The highest BCUT2D eigenvalue weighted by Crippen LogP contribution is 2.25. The maximum absolute atomic E-state index is 8.98. The number of rotatable bonds is 3. The lowest BCUT2D eigenvalue weighted by atomic mass is 10.2. The van der Waals surface area contributed by atoms with E-state index in [0.29, 0.717) is 6.61 Å². The first kappa shape index (κ1) is 7.77. The normalized spacial score (nSPS) is 27.1. The lowest BCUT2D eigenvalue weighted by Crippen LogP contribution is -1.99. The molecule has 1 fully saturated rings. The first-order chi connectivity index (χ1) is 5.86. The number of hydrogen-bond acceptors (Lipinski definition) is 2. The van der Waals surface area contributed by atoms with Gasteiger partial charge in [0, 0.05) is 6.42 Å². The first-order valence-electron chi connectivity index (χ1n) is 4.20. The van der Waals surface area contributed by atoms with E-state index in [2.05, 4.69) is 0 Å². The Balaban J connectivity index is 1.80. The van der Waals surface area contributed by atoms with Crippen LogP contribution in [0.15, 0.2) is 30.3 Å². The summed E-state index contributed by atoms with van der Waals surface area (Å²) >= 11 is 0. The van der Waals surface area contributed by atoms with Crippen molar-refractivity contribution >= 4 is 0 Å². The Bertz CT molecular complexity index is 245. The van der Waals surface area contributed by atoms with Gasteiger partial charge in [-0.1, -0.05) is 30.3 Å². The third-order valence-corrected chi connectivity index (χ3v) is 2.01. The minimum atomic E-state index is -0.214. The van der Waals surface area contributed by atoms with Crippen molar-refractivity contribution in [3.8, 4) is 0 Å². The van der Waals surface area contributed by atoms with Crippen molar-refractivity contribution in [3.63, 3.8) is 0 Å². The second-order valence-corrected chi connectivity index (χ2v) is 3.14. The summed E-state index contributed by atoms with van der Waals surface area (Å²) in [6.45, 7) is 0.614. The minimum Gasteiger partial charge on any atom is -0.390 e. The zero-order valence-electron chi connectivity index (χ0n) is 6.81. The van der Waals surface area contributed by atoms with Crippen LogP contribution in [0.4, 0.5) is 0 Å². The molecule has 0 saturated heterocycles. The van der Waals surface area contributed by atoms with E-state index in [1.807, 2.05) is 30.3 Å². The molecule has 12 heavy (non-hydrogen) atoms. The molecule has 0 bridgehead atoms. The van der Waals surface area contributed by atoms with Gasteiger partial charge in [-0.25, -0.2) is 0 Å². The van der Waals surface area contributed by atoms with Gasteiger partial charge in [-0.05, 0) is 5.56 Å². The zero-order valence-corrected chi connectivity index (χ0v) is 6.81. The molecule has 1 unspecified atom stereocenters.